The summed E-state index contributed by atoms with van der Waals surface area (Å²) < 4.78 is 0. The van der Waals surface area contributed by atoms with E-state index in [0.717, 1.165) is 31.4 Å². The molecule has 4 heteroatoms. The second kappa shape index (κ2) is 6.63. The van der Waals surface area contributed by atoms with E-state index in [1.807, 2.05) is 36.0 Å². The third kappa shape index (κ3) is 4.00. The van der Waals surface area contributed by atoms with Gasteiger partial charge in [-0.3, -0.25) is 4.79 Å². The summed E-state index contributed by atoms with van der Waals surface area (Å²) in [5, 5.41) is 18.4. The number of nitrogens with zero attached hydrogens (tertiary/aromatic N) is 1. The molecule has 19 heavy (non-hydrogen) atoms. The summed E-state index contributed by atoms with van der Waals surface area (Å²) in [7, 11) is 0. The highest BCUT2D eigenvalue weighted by atomic mass is 32.2. The van der Waals surface area contributed by atoms with E-state index in [4.69, 9.17) is 10.4 Å². The summed E-state index contributed by atoms with van der Waals surface area (Å²) in [6, 6.07) is 9.84. The fraction of sp³-hybridized carbons (Fsp3) is 0.467. The maximum Gasteiger partial charge on any atom is 0.306 e. The molecule has 0 heterocycles. The van der Waals surface area contributed by atoms with Crippen molar-refractivity contribution in [3.63, 3.8) is 0 Å². The number of nitriles is 1. The van der Waals surface area contributed by atoms with Crippen LogP contribution in [0.5, 0.6) is 0 Å². The van der Waals surface area contributed by atoms with Crippen LogP contribution in [0.4, 0.5) is 0 Å². The van der Waals surface area contributed by atoms with Crippen LogP contribution in [-0.4, -0.2) is 16.3 Å². The normalized spacial score (nSPS) is 22.7. The number of carboxylic acids is 1. The average Bonchev–Trinajstić information content (AvgIpc) is 2.46. The maximum atomic E-state index is 10.9. The summed E-state index contributed by atoms with van der Waals surface area (Å²) in [6.07, 6.45) is 3.57. The summed E-state index contributed by atoms with van der Waals surface area (Å²) in [5.74, 6) is 0.113. The largest absolute Gasteiger partial charge is 0.481 e. The highest BCUT2D eigenvalue weighted by Crippen LogP contribution is 2.33. The lowest BCUT2D eigenvalue weighted by Gasteiger charge is -2.25. The second-order valence-corrected chi connectivity index (χ2v) is 6.22. The first-order valence-corrected chi connectivity index (χ1v) is 7.57. The molecule has 1 aliphatic rings. The Morgan fingerprint density at radius 1 is 1.37 bits per heavy atom. The van der Waals surface area contributed by atoms with Crippen LogP contribution >= 0.6 is 11.8 Å². The van der Waals surface area contributed by atoms with E-state index < -0.39 is 5.97 Å². The minimum Gasteiger partial charge on any atom is -0.481 e. The molecule has 3 nitrogen and oxygen atoms in total. The van der Waals surface area contributed by atoms with E-state index in [1.54, 1.807) is 0 Å². The van der Waals surface area contributed by atoms with E-state index in [-0.39, 0.29) is 5.92 Å². The lowest BCUT2D eigenvalue weighted by molar-refractivity contribution is -0.142. The van der Waals surface area contributed by atoms with Gasteiger partial charge in [0, 0.05) is 11.0 Å². The third-order valence-corrected chi connectivity index (χ3v) is 5.01. The summed E-state index contributed by atoms with van der Waals surface area (Å²) in [4.78, 5) is 10.9. The molecule has 2 rings (SSSR count). The topological polar surface area (TPSA) is 61.1 Å². The van der Waals surface area contributed by atoms with Crippen molar-refractivity contribution in [2.45, 2.75) is 36.7 Å². The first-order valence-electron chi connectivity index (χ1n) is 6.52. The molecule has 0 aliphatic heterocycles. The van der Waals surface area contributed by atoms with Crippen LogP contribution < -0.4 is 0 Å². The lowest BCUT2D eigenvalue weighted by atomic mass is 9.89. The Bertz CT molecular complexity index is 487. The quantitative estimate of drug-likeness (QED) is 0.914. The maximum absolute atomic E-state index is 10.9. The Morgan fingerprint density at radius 3 is 2.74 bits per heavy atom. The molecule has 1 aromatic carbocycles. The average molecular weight is 275 g/mol. The molecule has 0 aromatic heterocycles. The van der Waals surface area contributed by atoms with Crippen molar-refractivity contribution in [3.05, 3.63) is 35.4 Å². The molecule has 0 spiro atoms. The van der Waals surface area contributed by atoms with Gasteiger partial charge in [0.25, 0.3) is 0 Å². The van der Waals surface area contributed by atoms with Crippen LogP contribution in [0.3, 0.4) is 0 Å². The smallest absolute Gasteiger partial charge is 0.306 e. The van der Waals surface area contributed by atoms with E-state index >= 15 is 0 Å². The van der Waals surface area contributed by atoms with Crippen molar-refractivity contribution in [1.82, 2.24) is 0 Å². The zero-order chi connectivity index (χ0) is 13.7. The zero-order valence-electron chi connectivity index (χ0n) is 10.7. The molecule has 1 aromatic rings. The SMILES string of the molecule is N#Cc1cccc(CSC2CCC(C(=O)O)CC2)c1. The van der Waals surface area contributed by atoms with Crippen LogP contribution in [-0.2, 0) is 10.5 Å². The van der Waals surface area contributed by atoms with E-state index in [9.17, 15) is 4.79 Å². The number of carbonyl (C=O) groups is 1. The molecular formula is C15H17NO2S. The molecule has 0 bridgehead atoms. The van der Waals surface area contributed by atoms with Gasteiger partial charge in [-0.05, 0) is 43.4 Å². The van der Waals surface area contributed by atoms with Gasteiger partial charge < -0.3 is 5.11 Å². The molecule has 1 aliphatic carbocycles. The van der Waals surface area contributed by atoms with Crippen LogP contribution in [0.15, 0.2) is 24.3 Å². The minimum absolute atomic E-state index is 0.140. The van der Waals surface area contributed by atoms with Crippen LogP contribution in [0.25, 0.3) is 0 Å². The Labute approximate surface area is 117 Å². The van der Waals surface area contributed by atoms with Crippen molar-refractivity contribution in [2.75, 3.05) is 0 Å². The van der Waals surface area contributed by atoms with Gasteiger partial charge in [-0.2, -0.15) is 17.0 Å². The van der Waals surface area contributed by atoms with Gasteiger partial charge in [0.05, 0.1) is 17.6 Å². The highest BCUT2D eigenvalue weighted by Gasteiger charge is 2.25. The van der Waals surface area contributed by atoms with E-state index in [0.29, 0.717) is 10.8 Å². The Morgan fingerprint density at radius 2 is 2.11 bits per heavy atom. The molecule has 100 valence electrons. The highest BCUT2D eigenvalue weighted by molar-refractivity contribution is 7.99. The number of rotatable bonds is 4. The first-order chi connectivity index (χ1) is 9.19. The van der Waals surface area contributed by atoms with Gasteiger partial charge in [0.1, 0.15) is 0 Å². The standard InChI is InChI=1S/C15H17NO2S/c16-9-11-2-1-3-12(8-11)10-19-14-6-4-13(5-7-14)15(17)18/h1-3,8,13-14H,4-7,10H2,(H,17,18). The fourth-order valence-corrected chi connectivity index (χ4v) is 3.63. The molecule has 1 N–H and O–H groups in total. The third-order valence-electron chi connectivity index (χ3n) is 3.57. The molecule has 0 atom stereocenters. The molecule has 0 radical (unpaired) electrons. The number of benzene rings is 1. The lowest BCUT2D eigenvalue weighted by Crippen LogP contribution is -2.22. The van der Waals surface area contributed by atoms with Gasteiger partial charge >= 0.3 is 5.97 Å². The predicted octanol–water partition coefficient (Wildman–Crippen LogP) is 3.43. The van der Waals surface area contributed by atoms with Gasteiger partial charge in [-0.1, -0.05) is 12.1 Å². The van der Waals surface area contributed by atoms with Gasteiger partial charge in [0.2, 0.25) is 0 Å². The predicted molar refractivity (Wildman–Crippen MR) is 75.8 cm³/mol. The van der Waals surface area contributed by atoms with E-state index in [2.05, 4.69) is 6.07 Å². The van der Waals surface area contributed by atoms with Crippen LogP contribution in [0.1, 0.15) is 36.8 Å². The Balaban J connectivity index is 1.80. The fourth-order valence-electron chi connectivity index (χ4n) is 2.42. The number of aliphatic carboxylic acids is 1. The molecule has 1 saturated carbocycles. The molecule has 0 saturated heterocycles. The van der Waals surface area contributed by atoms with Gasteiger partial charge in [-0.15, -0.1) is 0 Å². The number of thioether (sulfide) groups is 1. The summed E-state index contributed by atoms with van der Waals surface area (Å²) in [6.45, 7) is 0. The van der Waals surface area contributed by atoms with Crippen LogP contribution in [0, 0.1) is 17.2 Å². The first kappa shape index (κ1) is 14.0. The van der Waals surface area contributed by atoms with Crippen molar-refractivity contribution in [3.8, 4) is 6.07 Å². The van der Waals surface area contributed by atoms with Crippen LogP contribution in [0.2, 0.25) is 0 Å². The Kier molecular flexibility index (Phi) is 4.86. The van der Waals surface area contributed by atoms with Gasteiger partial charge in [-0.25, -0.2) is 0 Å². The van der Waals surface area contributed by atoms with Crippen molar-refractivity contribution in [1.29, 1.82) is 5.26 Å². The number of hydrogen-bond donors (Lipinski definition) is 1. The molecule has 0 amide bonds. The van der Waals surface area contributed by atoms with Crippen molar-refractivity contribution >= 4 is 17.7 Å². The number of hydrogen-bond acceptors (Lipinski definition) is 3. The minimum atomic E-state index is -0.648. The Hall–Kier alpha value is -1.47. The van der Waals surface area contributed by atoms with E-state index in [1.165, 1.54) is 5.56 Å². The molecule has 1 fully saturated rings. The zero-order valence-corrected chi connectivity index (χ0v) is 11.5. The number of carboxylic acid groups (broad SMARTS) is 1. The second-order valence-electron chi connectivity index (χ2n) is 4.94. The molecular weight excluding hydrogens is 258 g/mol. The van der Waals surface area contributed by atoms with Gasteiger partial charge in [0.15, 0.2) is 0 Å². The van der Waals surface area contributed by atoms with Crippen molar-refractivity contribution < 1.29 is 9.90 Å². The summed E-state index contributed by atoms with van der Waals surface area (Å²) >= 11 is 1.88. The van der Waals surface area contributed by atoms with Crippen molar-refractivity contribution in [2.24, 2.45) is 5.92 Å². The molecule has 0 unspecified atom stereocenters. The summed E-state index contributed by atoms with van der Waals surface area (Å²) in [5.41, 5.74) is 1.87. The monoisotopic (exact) mass is 275 g/mol.